The standard InChI is InChI=1S/C12H17F2NS/c1-8(2)9(3)15-10-4-6-11(7-5-10)16-12(13)14/h4-9,12,15H,1-3H3. The molecule has 0 amide bonds. The minimum atomic E-state index is -2.35. The first kappa shape index (κ1) is 13.3. The van der Waals surface area contributed by atoms with E-state index >= 15 is 0 Å². The van der Waals surface area contributed by atoms with Gasteiger partial charge in [0.15, 0.2) is 0 Å². The van der Waals surface area contributed by atoms with Gasteiger partial charge in [-0.15, -0.1) is 0 Å². The number of halogens is 2. The third-order valence-corrected chi connectivity index (χ3v) is 3.20. The Morgan fingerprint density at radius 3 is 2.06 bits per heavy atom. The third-order valence-electron chi connectivity index (χ3n) is 2.47. The molecule has 1 rings (SSSR count). The number of alkyl halides is 2. The number of rotatable bonds is 5. The van der Waals surface area contributed by atoms with Crippen molar-refractivity contribution in [1.29, 1.82) is 0 Å². The molecule has 0 radical (unpaired) electrons. The van der Waals surface area contributed by atoms with Gasteiger partial charge in [0.2, 0.25) is 0 Å². The minimum absolute atomic E-state index is 0.369. The number of thioether (sulfide) groups is 1. The van der Waals surface area contributed by atoms with Crippen LogP contribution in [0.25, 0.3) is 0 Å². The van der Waals surface area contributed by atoms with E-state index in [1.807, 2.05) is 12.1 Å². The second-order valence-corrected chi connectivity index (χ2v) is 5.14. The molecular formula is C12H17F2NS. The Morgan fingerprint density at radius 1 is 1.06 bits per heavy atom. The Hall–Kier alpha value is -0.770. The first-order chi connectivity index (χ1) is 7.49. The van der Waals surface area contributed by atoms with Gasteiger partial charge in [-0.2, -0.15) is 8.78 Å². The van der Waals surface area contributed by atoms with Crippen molar-refractivity contribution in [3.05, 3.63) is 24.3 Å². The van der Waals surface area contributed by atoms with E-state index in [0.29, 0.717) is 28.6 Å². The summed E-state index contributed by atoms with van der Waals surface area (Å²) < 4.78 is 24.2. The Kier molecular flexibility index (Phi) is 5.06. The van der Waals surface area contributed by atoms with Gasteiger partial charge < -0.3 is 5.32 Å². The molecule has 0 fully saturated rings. The van der Waals surface area contributed by atoms with Crippen molar-refractivity contribution in [3.8, 4) is 0 Å². The average molecular weight is 245 g/mol. The van der Waals surface area contributed by atoms with E-state index in [1.165, 1.54) is 0 Å². The maximum absolute atomic E-state index is 12.1. The molecule has 1 aromatic carbocycles. The SMILES string of the molecule is CC(C)C(C)Nc1ccc(SC(F)F)cc1. The fraction of sp³-hybridized carbons (Fsp3) is 0.500. The summed E-state index contributed by atoms with van der Waals surface area (Å²) in [5.74, 6) is -1.82. The first-order valence-electron chi connectivity index (χ1n) is 5.30. The molecular weight excluding hydrogens is 228 g/mol. The van der Waals surface area contributed by atoms with Crippen molar-refractivity contribution in [2.45, 2.75) is 37.5 Å². The highest BCUT2D eigenvalue weighted by Crippen LogP contribution is 2.26. The number of benzene rings is 1. The van der Waals surface area contributed by atoms with Gasteiger partial charge in [-0.1, -0.05) is 25.6 Å². The molecule has 1 nitrogen and oxygen atoms in total. The fourth-order valence-corrected chi connectivity index (χ4v) is 1.66. The van der Waals surface area contributed by atoms with Crippen molar-refractivity contribution < 1.29 is 8.78 Å². The normalized spacial score (nSPS) is 13.2. The van der Waals surface area contributed by atoms with Crippen LogP contribution in [0.5, 0.6) is 0 Å². The van der Waals surface area contributed by atoms with Crippen LogP contribution in [-0.2, 0) is 0 Å². The summed E-state index contributed by atoms with van der Waals surface area (Å²) in [4.78, 5) is 0.595. The molecule has 1 N–H and O–H groups in total. The van der Waals surface area contributed by atoms with Crippen LogP contribution in [0.15, 0.2) is 29.2 Å². The summed E-state index contributed by atoms with van der Waals surface area (Å²) in [6.07, 6.45) is 0. The highest BCUT2D eigenvalue weighted by atomic mass is 32.2. The molecule has 4 heteroatoms. The lowest BCUT2D eigenvalue weighted by Gasteiger charge is -2.18. The van der Waals surface area contributed by atoms with Crippen molar-refractivity contribution in [2.75, 3.05) is 5.32 Å². The molecule has 0 aliphatic heterocycles. The quantitative estimate of drug-likeness (QED) is 0.769. The third kappa shape index (κ3) is 4.39. The summed E-state index contributed by atoms with van der Waals surface area (Å²) in [6.45, 7) is 6.38. The van der Waals surface area contributed by atoms with E-state index in [4.69, 9.17) is 0 Å². The first-order valence-corrected chi connectivity index (χ1v) is 6.18. The lowest BCUT2D eigenvalue weighted by molar-refractivity contribution is 0.252. The highest BCUT2D eigenvalue weighted by molar-refractivity contribution is 7.99. The second-order valence-electron chi connectivity index (χ2n) is 4.08. The van der Waals surface area contributed by atoms with Crippen LogP contribution in [0.1, 0.15) is 20.8 Å². The van der Waals surface area contributed by atoms with Crippen LogP contribution in [0, 0.1) is 5.92 Å². The lowest BCUT2D eigenvalue weighted by Crippen LogP contribution is -2.21. The van der Waals surface area contributed by atoms with Gasteiger partial charge in [-0.25, -0.2) is 0 Å². The molecule has 16 heavy (non-hydrogen) atoms. The van der Waals surface area contributed by atoms with E-state index < -0.39 is 5.76 Å². The van der Waals surface area contributed by atoms with Crippen molar-refractivity contribution in [3.63, 3.8) is 0 Å². The number of anilines is 1. The van der Waals surface area contributed by atoms with Crippen molar-refractivity contribution in [1.82, 2.24) is 0 Å². The number of nitrogens with one attached hydrogen (secondary N) is 1. The number of hydrogen-bond donors (Lipinski definition) is 1. The Balaban J connectivity index is 2.57. The molecule has 0 saturated carbocycles. The van der Waals surface area contributed by atoms with Gasteiger partial charge in [0.05, 0.1) is 0 Å². The van der Waals surface area contributed by atoms with Crippen LogP contribution < -0.4 is 5.32 Å². The molecule has 0 aliphatic carbocycles. The molecule has 0 aliphatic rings. The number of hydrogen-bond acceptors (Lipinski definition) is 2. The van der Waals surface area contributed by atoms with Crippen LogP contribution in [0.3, 0.4) is 0 Å². The topological polar surface area (TPSA) is 12.0 Å². The van der Waals surface area contributed by atoms with Gasteiger partial charge in [0.1, 0.15) is 0 Å². The molecule has 0 heterocycles. The summed E-state index contributed by atoms with van der Waals surface area (Å²) in [5, 5.41) is 3.33. The Bertz CT molecular complexity index is 311. The van der Waals surface area contributed by atoms with E-state index in [-0.39, 0.29) is 0 Å². The largest absolute Gasteiger partial charge is 0.382 e. The summed E-state index contributed by atoms with van der Waals surface area (Å²) in [6, 6.07) is 7.47. The summed E-state index contributed by atoms with van der Waals surface area (Å²) in [5.41, 5.74) is 0.972. The smallest absolute Gasteiger partial charge is 0.288 e. The monoisotopic (exact) mass is 245 g/mol. The van der Waals surface area contributed by atoms with Crippen LogP contribution in [0.4, 0.5) is 14.5 Å². The molecule has 0 aromatic heterocycles. The van der Waals surface area contributed by atoms with Gasteiger partial charge in [-0.3, -0.25) is 0 Å². The minimum Gasteiger partial charge on any atom is -0.382 e. The zero-order chi connectivity index (χ0) is 12.1. The molecule has 1 atom stereocenters. The van der Waals surface area contributed by atoms with E-state index in [9.17, 15) is 8.78 Å². The molecule has 1 unspecified atom stereocenters. The lowest BCUT2D eigenvalue weighted by atomic mass is 10.1. The molecule has 0 spiro atoms. The van der Waals surface area contributed by atoms with Crippen LogP contribution in [0.2, 0.25) is 0 Å². The predicted molar refractivity (Wildman–Crippen MR) is 66.2 cm³/mol. The summed E-state index contributed by atoms with van der Waals surface area (Å²) in [7, 11) is 0. The maximum atomic E-state index is 12.1. The van der Waals surface area contributed by atoms with E-state index in [2.05, 4.69) is 26.1 Å². The van der Waals surface area contributed by atoms with E-state index in [1.54, 1.807) is 12.1 Å². The molecule has 0 bridgehead atoms. The predicted octanol–water partition coefficient (Wildman–Crippen LogP) is 4.46. The van der Waals surface area contributed by atoms with Crippen LogP contribution in [-0.4, -0.2) is 11.8 Å². The summed E-state index contributed by atoms with van der Waals surface area (Å²) >= 11 is 0.571. The van der Waals surface area contributed by atoms with Gasteiger partial charge in [0.25, 0.3) is 5.76 Å². The fourth-order valence-electron chi connectivity index (χ4n) is 1.16. The highest BCUT2D eigenvalue weighted by Gasteiger charge is 2.07. The molecule has 1 aromatic rings. The Labute approximate surface area is 99.6 Å². The maximum Gasteiger partial charge on any atom is 0.288 e. The molecule has 90 valence electrons. The van der Waals surface area contributed by atoms with Gasteiger partial charge in [-0.05, 0) is 37.1 Å². The zero-order valence-corrected chi connectivity index (χ0v) is 10.5. The van der Waals surface area contributed by atoms with E-state index in [0.717, 1.165) is 5.69 Å². The van der Waals surface area contributed by atoms with Gasteiger partial charge >= 0.3 is 0 Å². The van der Waals surface area contributed by atoms with Crippen molar-refractivity contribution in [2.24, 2.45) is 5.92 Å². The van der Waals surface area contributed by atoms with Gasteiger partial charge in [0, 0.05) is 16.6 Å². The van der Waals surface area contributed by atoms with Crippen molar-refractivity contribution >= 4 is 17.4 Å². The Morgan fingerprint density at radius 2 is 1.62 bits per heavy atom. The van der Waals surface area contributed by atoms with Crippen LogP contribution >= 0.6 is 11.8 Å². The second kappa shape index (κ2) is 6.09. The average Bonchev–Trinajstić information content (AvgIpc) is 2.20. The zero-order valence-electron chi connectivity index (χ0n) is 9.71. The molecule has 0 saturated heterocycles.